The van der Waals surface area contributed by atoms with E-state index in [1.54, 1.807) is 0 Å². The average Bonchev–Trinajstić information content (AvgIpc) is 2.73. The summed E-state index contributed by atoms with van der Waals surface area (Å²) < 4.78 is 0. The van der Waals surface area contributed by atoms with Gasteiger partial charge in [-0.3, -0.25) is 0 Å². The number of unbranched alkanes of at least 4 members (excludes halogenated alkanes) is 5. The first kappa shape index (κ1) is 26.7. The summed E-state index contributed by atoms with van der Waals surface area (Å²) in [4.78, 5) is 0. The van der Waals surface area contributed by atoms with Gasteiger partial charge in [0, 0.05) is 0 Å². The minimum absolute atomic E-state index is 0.392. The maximum atomic E-state index is 2.38. The highest BCUT2D eigenvalue weighted by atomic mass is 14.3. The normalized spacial score (nSPS) is 14.3. The van der Waals surface area contributed by atoms with Gasteiger partial charge in [0.15, 0.2) is 0 Å². The summed E-state index contributed by atoms with van der Waals surface area (Å²) in [7, 11) is 0. The summed E-state index contributed by atoms with van der Waals surface area (Å²) in [5, 5.41) is 0. The predicted octanol–water partition coefficient (Wildman–Crippen LogP) is 10.5. The SMILES string of the molecule is CC(C)(C)CC(CCCCCCCCC(CC(C)(C)C)c1ccccc1)c1ccccc1. The molecule has 0 aliphatic heterocycles. The zero-order chi connectivity index (χ0) is 23.5. The molecule has 2 aromatic rings. The number of hydrogen-bond acceptors (Lipinski definition) is 0. The second kappa shape index (κ2) is 13.2. The third-order valence-electron chi connectivity index (χ3n) is 6.61. The van der Waals surface area contributed by atoms with Gasteiger partial charge >= 0.3 is 0 Å². The molecule has 0 N–H and O–H groups in total. The van der Waals surface area contributed by atoms with E-state index in [0.29, 0.717) is 22.7 Å². The van der Waals surface area contributed by atoms with Crippen molar-refractivity contribution in [2.24, 2.45) is 10.8 Å². The molecule has 0 amide bonds. The lowest BCUT2D eigenvalue weighted by Gasteiger charge is -2.27. The van der Waals surface area contributed by atoms with Gasteiger partial charge in [0.1, 0.15) is 0 Å². The van der Waals surface area contributed by atoms with E-state index in [2.05, 4.69) is 102 Å². The van der Waals surface area contributed by atoms with Gasteiger partial charge in [0.2, 0.25) is 0 Å². The maximum absolute atomic E-state index is 2.38. The molecule has 0 aliphatic carbocycles. The monoisotopic (exact) mass is 434 g/mol. The van der Waals surface area contributed by atoms with E-state index in [1.807, 2.05) is 0 Å². The Bertz CT molecular complexity index is 649. The molecule has 0 saturated heterocycles. The summed E-state index contributed by atoms with van der Waals surface area (Å²) >= 11 is 0. The van der Waals surface area contributed by atoms with Crippen LogP contribution >= 0.6 is 0 Å². The molecule has 0 fully saturated rings. The van der Waals surface area contributed by atoms with Crippen LogP contribution in [0.2, 0.25) is 0 Å². The highest BCUT2D eigenvalue weighted by Crippen LogP contribution is 2.36. The van der Waals surface area contributed by atoms with Crippen molar-refractivity contribution < 1.29 is 0 Å². The fourth-order valence-electron chi connectivity index (χ4n) is 5.19. The second-order valence-electron chi connectivity index (χ2n) is 12.4. The first-order valence-corrected chi connectivity index (χ1v) is 13.2. The smallest absolute Gasteiger partial charge is 0.0157 e. The molecule has 0 spiro atoms. The van der Waals surface area contributed by atoms with E-state index in [-0.39, 0.29) is 0 Å². The first-order valence-electron chi connectivity index (χ1n) is 13.2. The number of benzene rings is 2. The van der Waals surface area contributed by atoms with Crippen LogP contribution in [0.5, 0.6) is 0 Å². The summed E-state index contributed by atoms with van der Waals surface area (Å²) in [6.07, 6.45) is 13.5. The molecule has 0 bridgehead atoms. The third-order valence-corrected chi connectivity index (χ3v) is 6.61. The van der Waals surface area contributed by atoms with Crippen LogP contribution in [0.4, 0.5) is 0 Å². The van der Waals surface area contributed by atoms with Crippen molar-refractivity contribution in [2.75, 3.05) is 0 Å². The lowest BCUT2D eigenvalue weighted by molar-refractivity contribution is 0.323. The zero-order valence-corrected chi connectivity index (χ0v) is 22.0. The Morgan fingerprint density at radius 2 is 0.781 bits per heavy atom. The van der Waals surface area contributed by atoms with Gasteiger partial charge in [0.25, 0.3) is 0 Å². The van der Waals surface area contributed by atoms with E-state index in [9.17, 15) is 0 Å². The van der Waals surface area contributed by atoms with Crippen molar-refractivity contribution in [3.8, 4) is 0 Å². The van der Waals surface area contributed by atoms with E-state index in [4.69, 9.17) is 0 Å². The van der Waals surface area contributed by atoms with Crippen molar-refractivity contribution in [3.05, 3.63) is 71.8 Å². The van der Waals surface area contributed by atoms with Crippen LogP contribution in [0.1, 0.15) is 129 Å². The van der Waals surface area contributed by atoms with Gasteiger partial charge in [-0.25, -0.2) is 0 Å². The fourth-order valence-corrected chi connectivity index (χ4v) is 5.19. The van der Waals surface area contributed by atoms with Crippen LogP contribution < -0.4 is 0 Å². The molecule has 178 valence electrons. The molecule has 0 nitrogen and oxygen atoms in total. The molecule has 0 aliphatic rings. The standard InChI is InChI=1S/C32H50/c1-31(2,3)25-29(27-19-15-11-16-20-27)23-13-9-7-8-10-14-24-30(26-32(4,5)6)28-21-17-12-18-22-28/h11-12,15-22,29-30H,7-10,13-14,23-26H2,1-6H3. The molecule has 2 atom stereocenters. The molecule has 0 heteroatoms. The van der Waals surface area contributed by atoms with E-state index < -0.39 is 0 Å². The Kier molecular flexibility index (Phi) is 11.0. The van der Waals surface area contributed by atoms with Crippen molar-refractivity contribution in [3.63, 3.8) is 0 Å². The van der Waals surface area contributed by atoms with E-state index in [1.165, 1.54) is 75.3 Å². The molecule has 0 radical (unpaired) electrons. The van der Waals surface area contributed by atoms with Gasteiger partial charge in [-0.15, -0.1) is 0 Å². The van der Waals surface area contributed by atoms with Gasteiger partial charge in [-0.2, -0.15) is 0 Å². The summed E-state index contributed by atoms with van der Waals surface area (Å²) in [6.45, 7) is 14.3. The molecular weight excluding hydrogens is 384 g/mol. The quantitative estimate of drug-likeness (QED) is 0.275. The van der Waals surface area contributed by atoms with E-state index in [0.717, 1.165) is 0 Å². The highest BCUT2D eigenvalue weighted by Gasteiger charge is 2.21. The van der Waals surface area contributed by atoms with E-state index >= 15 is 0 Å². The Hall–Kier alpha value is -1.56. The minimum Gasteiger partial charge on any atom is -0.0622 e. The van der Waals surface area contributed by atoms with Crippen LogP contribution in [-0.4, -0.2) is 0 Å². The van der Waals surface area contributed by atoms with Crippen LogP contribution in [0.15, 0.2) is 60.7 Å². The largest absolute Gasteiger partial charge is 0.0622 e. The Balaban J connectivity index is 1.69. The number of hydrogen-bond donors (Lipinski definition) is 0. The van der Waals surface area contributed by atoms with Crippen LogP contribution in [0.3, 0.4) is 0 Å². The summed E-state index contributed by atoms with van der Waals surface area (Å²) in [5.74, 6) is 1.42. The molecule has 0 saturated carbocycles. The lowest BCUT2D eigenvalue weighted by Crippen LogP contribution is -2.12. The van der Waals surface area contributed by atoms with Crippen molar-refractivity contribution in [1.29, 1.82) is 0 Å². The predicted molar refractivity (Wildman–Crippen MR) is 143 cm³/mol. The Morgan fingerprint density at radius 3 is 1.09 bits per heavy atom. The third kappa shape index (κ3) is 11.3. The lowest BCUT2D eigenvalue weighted by atomic mass is 9.79. The molecule has 2 unspecified atom stereocenters. The van der Waals surface area contributed by atoms with Crippen molar-refractivity contribution in [2.45, 2.75) is 118 Å². The summed E-state index contributed by atoms with van der Waals surface area (Å²) in [5.41, 5.74) is 3.85. The minimum atomic E-state index is 0.392. The van der Waals surface area contributed by atoms with Gasteiger partial charge in [-0.05, 0) is 59.5 Å². The molecule has 2 rings (SSSR count). The topological polar surface area (TPSA) is 0 Å². The highest BCUT2D eigenvalue weighted by molar-refractivity contribution is 5.20. The molecule has 32 heavy (non-hydrogen) atoms. The second-order valence-corrected chi connectivity index (χ2v) is 12.4. The van der Waals surface area contributed by atoms with Crippen molar-refractivity contribution >= 4 is 0 Å². The molecular formula is C32H50. The Morgan fingerprint density at radius 1 is 0.469 bits per heavy atom. The van der Waals surface area contributed by atoms with Crippen molar-refractivity contribution in [1.82, 2.24) is 0 Å². The van der Waals surface area contributed by atoms with Crippen LogP contribution in [0, 0.1) is 10.8 Å². The molecule has 0 heterocycles. The van der Waals surface area contributed by atoms with Gasteiger partial charge in [-0.1, -0.05) is 141 Å². The molecule has 2 aromatic carbocycles. The first-order chi connectivity index (χ1) is 15.1. The van der Waals surface area contributed by atoms with Gasteiger partial charge in [0.05, 0.1) is 0 Å². The van der Waals surface area contributed by atoms with Crippen LogP contribution in [-0.2, 0) is 0 Å². The zero-order valence-electron chi connectivity index (χ0n) is 22.0. The number of rotatable bonds is 13. The fraction of sp³-hybridized carbons (Fsp3) is 0.625. The van der Waals surface area contributed by atoms with Crippen LogP contribution in [0.25, 0.3) is 0 Å². The molecule has 0 aromatic heterocycles. The average molecular weight is 435 g/mol. The Labute approximate surface area is 200 Å². The maximum Gasteiger partial charge on any atom is -0.0157 e. The van der Waals surface area contributed by atoms with Gasteiger partial charge < -0.3 is 0 Å². The summed E-state index contributed by atoms with van der Waals surface area (Å²) in [6, 6.07) is 22.4.